The molecule has 0 atom stereocenters. The molecule has 274 valence electrons. The van der Waals surface area contributed by atoms with E-state index in [-0.39, 0.29) is 0 Å². The summed E-state index contributed by atoms with van der Waals surface area (Å²) in [5, 5.41) is 10.8. The van der Waals surface area contributed by atoms with Crippen molar-refractivity contribution in [3.63, 3.8) is 0 Å². The first-order chi connectivity index (χ1) is 29.2. The maximum atomic E-state index is 6.61. The second-order valence-electron chi connectivity index (χ2n) is 15.1. The summed E-state index contributed by atoms with van der Waals surface area (Å²) < 4.78 is 15.4. The average molecular weight is 755 g/mol. The molecule has 0 saturated heterocycles. The van der Waals surface area contributed by atoms with Crippen molar-refractivity contribution in [2.75, 3.05) is 0 Å². The van der Waals surface area contributed by atoms with Crippen LogP contribution in [0.2, 0.25) is 0 Å². The molecule has 0 N–H and O–H groups in total. The van der Waals surface area contributed by atoms with Crippen LogP contribution < -0.4 is 0 Å². The van der Waals surface area contributed by atoms with E-state index in [2.05, 4.69) is 144 Å². The maximum absolute atomic E-state index is 6.61. The number of aromatic nitrogens is 4. The molecule has 0 bridgehead atoms. The first kappa shape index (κ1) is 32.0. The molecule has 4 aromatic heterocycles. The summed E-state index contributed by atoms with van der Waals surface area (Å²) in [5.74, 6) is 1.68. The number of hydrogen-bond acceptors (Lipinski definition) is 5. The summed E-state index contributed by atoms with van der Waals surface area (Å²) in [7, 11) is 0. The van der Waals surface area contributed by atoms with Gasteiger partial charge in [-0.2, -0.15) is 0 Å². The molecular formula is C53H30N4O2. The lowest BCUT2D eigenvalue weighted by molar-refractivity contribution is 0.668. The third-order valence-electron chi connectivity index (χ3n) is 11.8. The monoisotopic (exact) mass is 754 g/mol. The summed E-state index contributed by atoms with van der Waals surface area (Å²) in [6.07, 6.45) is 0. The van der Waals surface area contributed by atoms with Crippen LogP contribution in [0.5, 0.6) is 0 Å². The van der Waals surface area contributed by atoms with Gasteiger partial charge in [-0.25, -0.2) is 15.0 Å². The highest BCUT2D eigenvalue weighted by Crippen LogP contribution is 2.44. The zero-order valence-electron chi connectivity index (χ0n) is 31.4. The van der Waals surface area contributed by atoms with E-state index in [4.69, 9.17) is 23.8 Å². The molecule has 0 aliphatic carbocycles. The predicted molar refractivity (Wildman–Crippen MR) is 240 cm³/mol. The second-order valence-corrected chi connectivity index (χ2v) is 15.1. The van der Waals surface area contributed by atoms with Crippen molar-refractivity contribution in [1.82, 2.24) is 19.5 Å². The minimum Gasteiger partial charge on any atom is -0.456 e. The van der Waals surface area contributed by atoms with Crippen molar-refractivity contribution in [2.24, 2.45) is 0 Å². The Labute approximate surface area is 336 Å². The lowest BCUT2D eigenvalue weighted by atomic mass is 10.0. The highest BCUT2D eigenvalue weighted by Gasteiger charge is 2.26. The van der Waals surface area contributed by atoms with Crippen LogP contribution in [-0.2, 0) is 0 Å². The van der Waals surface area contributed by atoms with E-state index in [9.17, 15) is 0 Å². The zero-order valence-corrected chi connectivity index (χ0v) is 31.4. The van der Waals surface area contributed by atoms with Crippen LogP contribution in [0, 0.1) is 0 Å². The molecule has 0 spiro atoms. The van der Waals surface area contributed by atoms with Gasteiger partial charge in [0.15, 0.2) is 17.5 Å². The van der Waals surface area contributed by atoms with Crippen molar-refractivity contribution in [2.45, 2.75) is 0 Å². The van der Waals surface area contributed by atoms with Crippen LogP contribution >= 0.6 is 0 Å². The van der Waals surface area contributed by atoms with Crippen molar-refractivity contribution in [3.05, 3.63) is 182 Å². The normalized spacial score (nSPS) is 12.1. The molecule has 59 heavy (non-hydrogen) atoms. The Morgan fingerprint density at radius 3 is 1.68 bits per heavy atom. The lowest BCUT2D eigenvalue weighted by Crippen LogP contribution is -2.04. The van der Waals surface area contributed by atoms with Gasteiger partial charge in [0.1, 0.15) is 22.3 Å². The molecule has 9 aromatic carbocycles. The van der Waals surface area contributed by atoms with Crippen LogP contribution in [0.1, 0.15) is 0 Å². The van der Waals surface area contributed by atoms with Gasteiger partial charge in [0.25, 0.3) is 0 Å². The number of furan rings is 2. The minimum absolute atomic E-state index is 0.543. The van der Waals surface area contributed by atoms with E-state index < -0.39 is 0 Å². The van der Waals surface area contributed by atoms with Gasteiger partial charge in [0.05, 0.1) is 22.3 Å². The highest BCUT2D eigenvalue weighted by molar-refractivity contribution is 6.18. The van der Waals surface area contributed by atoms with Crippen molar-refractivity contribution in [1.29, 1.82) is 0 Å². The van der Waals surface area contributed by atoms with Gasteiger partial charge in [0.2, 0.25) is 0 Å². The molecule has 0 amide bonds. The molecule has 0 aliphatic heterocycles. The Kier molecular flexibility index (Phi) is 6.63. The number of para-hydroxylation sites is 3. The van der Waals surface area contributed by atoms with Gasteiger partial charge >= 0.3 is 0 Å². The van der Waals surface area contributed by atoms with E-state index in [1.807, 2.05) is 42.5 Å². The summed E-state index contributed by atoms with van der Waals surface area (Å²) in [6, 6.07) is 63.2. The fraction of sp³-hybridized carbons (Fsp3) is 0. The fourth-order valence-corrected chi connectivity index (χ4v) is 9.24. The molecule has 0 radical (unpaired) electrons. The summed E-state index contributed by atoms with van der Waals surface area (Å²) in [4.78, 5) is 16.4. The Morgan fingerprint density at radius 1 is 0.339 bits per heavy atom. The number of hydrogen-bond donors (Lipinski definition) is 0. The van der Waals surface area contributed by atoms with Crippen molar-refractivity contribution in [3.8, 4) is 39.9 Å². The van der Waals surface area contributed by atoms with Gasteiger partial charge in [-0.1, -0.05) is 133 Å². The van der Waals surface area contributed by atoms with Crippen LogP contribution in [0.4, 0.5) is 0 Å². The smallest absolute Gasteiger partial charge is 0.166 e. The van der Waals surface area contributed by atoms with E-state index in [0.29, 0.717) is 17.5 Å². The van der Waals surface area contributed by atoms with E-state index in [1.54, 1.807) is 0 Å². The highest BCUT2D eigenvalue weighted by atomic mass is 16.3. The van der Waals surface area contributed by atoms with Crippen LogP contribution in [0.15, 0.2) is 191 Å². The van der Waals surface area contributed by atoms with E-state index >= 15 is 0 Å². The number of nitrogens with zero attached hydrogens (tertiary/aromatic N) is 4. The van der Waals surface area contributed by atoms with E-state index in [1.165, 1.54) is 21.5 Å². The Bertz CT molecular complexity index is 3870. The number of fused-ring (bicyclic) bond motifs is 11. The van der Waals surface area contributed by atoms with E-state index in [0.717, 1.165) is 88.1 Å². The lowest BCUT2D eigenvalue weighted by Gasteiger charge is -2.16. The minimum atomic E-state index is 0.543. The molecule has 0 fully saturated rings. The standard InChI is InChI=1S/C53H30N4O2/c1-2-15-33-30-43-40(29-32(33)14-1)35-18-5-8-23-41(35)57(43)42-27-28-47-49(38-20-7-10-25-45(38)59-47)50(42)53-55-51(36-21-11-16-31-13-3-4-17-34(31)36)54-52(56-53)39-22-12-26-46-48(39)37-19-6-9-24-44(37)58-46/h1-30H. The molecule has 0 aliphatic rings. The second kappa shape index (κ2) is 12.2. The molecule has 0 saturated carbocycles. The summed E-state index contributed by atoms with van der Waals surface area (Å²) in [6.45, 7) is 0. The predicted octanol–water partition coefficient (Wildman–Crippen LogP) is 14.1. The molecule has 13 rings (SSSR count). The largest absolute Gasteiger partial charge is 0.456 e. The molecule has 4 heterocycles. The summed E-state index contributed by atoms with van der Waals surface area (Å²) >= 11 is 0. The Hall–Kier alpha value is -8.09. The van der Waals surface area contributed by atoms with Gasteiger partial charge in [-0.05, 0) is 70.1 Å². The molecule has 6 nitrogen and oxygen atoms in total. The molecule has 13 aromatic rings. The molecule has 0 unspecified atom stereocenters. The van der Waals surface area contributed by atoms with Crippen LogP contribution in [0.3, 0.4) is 0 Å². The van der Waals surface area contributed by atoms with Crippen LogP contribution in [0.25, 0.3) is 127 Å². The number of rotatable bonds is 4. The topological polar surface area (TPSA) is 69.9 Å². The van der Waals surface area contributed by atoms with Gasteiger partial charge < -0.3 is 13.4 Å². The first-order valence-electron chi connectivity index (χ1n) is 19.8. The summed E-state index contributed by atoms with van der Waals surface area (Å²) in [5.41, 5.74) is 8.92. The Morgan fingerprint density at radius 2 is 0.881 bits per heavy atom. The Balaban J connectivity index is 1.20. The number of benzene rings is 9. The maximum Gasteiger partial charge on any atom is 0.166 e. The quantitative estimate of drug-likeness (QED) is 0.179. The van der Waals surface area contributed by atoms with Crippen LogP contribution in [-0.4, -0.2) is 19.5 Å². The average Bonchev–Trinajstić information content (AvgIpc) is 3.97. The molecular weight excluding hydrogens is 725 g/mol. The molecule has 6 heteroatoms. The van der Waals surface area contributed by atoms with Gasteiger partial charge in [0, 0.05) is 43.4 Å². The van der Waals surface area contributed by atoms with Crippen molar-refractivity contribution < 1.29 is 8.83 Å². The third kappa shape index (κ3) is 4.71. The van der Waals surface area contributed by atoms with Gasteiger partial charge in [-0.3, -0.25) is 0 Å². The third-order valence-corrected chi connectivity index (χ3v) is 11.8. The fourth-order valence-electron chi connectivity index (χ4n) is 9.24. The van der Waals surface area contributed by atoms with Gasteiger partial charge in [-0.15, -0.1) is 0 Å². The SMILES string of the molecule is c1ccc2cc3c(cc2c1)c1ccccc1n3-c1ccc2oc3ccccc3c2c1-c1nc(-c2cccc3ccccc23)nc(-c2cccc3oc4ccccc4c23)n1. The zero-order chi connectivity index (χ0) is 38.6. The first-order valence-corrected chi connectivity index (χ1v) is 19.8. The van der Waals surface area contributed by atoms with Crippen molar-refractivity contribution >= 4 is 87.2 Å².